The van der Waals surface area contributed by atoms with Crippen molar-refractivity contribution in [2.75, 3.05) is 0 Å². The van der Waals surface area contributed by atoms with Crippen LogP contribution < -0.4 is 5.32 Å². The second-order valence-corrected chi connectivity index (χ2v) is 3.98. The lowest BCUT2D eigenvalue weighted by atomic mass is 10.0. The molecule has 2 heterocycles. The van der Waals surface area contributed by atoms with Crippen LogP contribution >= 0.6 is 11.6 Å². The highest BCUT2D eigenvalue weighted by Crippen LogP contribution is 2.33. The van der Waals surface area contributed by atoms with Crippen molar-refractivity contribution >= 4 is 34.4 Å². The zero-order valence-electron chi connectivity index (χ0n) is 8.04. The summed E-state index contributed by atoms with van der Waals surface area (Å²) >= 11 is 6.03. The van der Waals surface area contributed by atoms with E-state index in [9.17, 15) is 9.59 Å². The van der Waals surface area contributed by atoms with E-state index < -0.39 is 5.91 Å². The Bertz CT molecular complexity index is 629. The second-order valence-electron chi connectivity index (χ2n) is 3.58. The summed E-state index contributed by atoms with van der Waals surface area (Å²) in [5.41, 5.74) is 1.11. The average Bonchev–Trinajstić information content (AvgIpc) is 2.58. The molecule has 3 rings (SSSR count). The lowest BCUT2D eigenvalue weighted by Crippen LogP contribution is -2.36. The molecule has 5 heteroatoms. The van der Waals surface area contributed by atoms with Crippen molar-refractivity contribution in [2.24, 2.45) is 0 Å². The largest absolute Gasteiger partial charge is 0.451 e. The van der Waals surface area contributed by atoms with Gasteiger partial charge in [-0.15, -0.1) is 0 Å². The summed E-state index contributed by atoms with van der Waals surface area (Å²) in [6.07, 6.45) is 0.123. The molecule has 2 aromatic rings. The second kappa shape index (κ2) is 3.09. The minimum atomic E-state index is -0.501. The monoisotopic (exact) mass is 235 g/mol. The highest BCUT2D eigenvalue weighted by atomic mass is 35.5. The maximum atomic E-state index is 11.5. The number of hydrogen-bond acceptors (Lipinski definition) is 3. The summed E-state index contributed by atoms with van der Waals surface area (Å²) in [6, 6.07) is 5.16. The van der Waals surface area contributed by atoms with Crippen molar-refractivity contribution in [1.29, 1.82) is 0 Å². The van der Waals surface area contributed by atoms with Gasteiger partial charge in [0, 0.05) is 10.9 Å². The summed E-state index contributed by atoms with van der Waals surface area (Å²) < 4.78 is 5.38. The van der Waals surface area contributed by atoms with Crippen LogP contribution in [0.1, 0.15) is 16.1 Å². The van der Waals surface area contributed by atoms with Crippen molar-refractivity contribution in [3.8, 4) is 0 Å². The minimum Gasteiger partial charge on any atom is -0.451 e. The first-order valence-corrected chi connectivity index (χ1v) is 5.08. The van der Waals surface area contributed by atoms with Gasteiger partial charge >= 0.3 is 0 Å². The van der Waals surface area contributed by atoms with Crippen LogP contribution in [0.4, 0.5) is 0 Å². The zero-order chi connectivity index (χ0) is 11.3. The molecule has 2 amide bonds. The number of fused-ring (bicyclic) bond motifs is 3. The number of imide groups is 1. The molecule has 0 saturated heterocycles. The fourth-order valence-electron chi connectivity index (χ4n) is 1.91. The standard InChI is InChI=1S/C11H6ClNO3/c12-6-2-1-3-7-9(6)5-4-8(14)13-11(15)10(5)16-7/h1-3H,4H2,(H,13,14,15). The summed E-state index contributed by atoms with van der Waals surface area (Å²) in [5, 5.41) is 3.35. The normalized spacial score (nSPS) is 15.1. The van der Waals surface area contributed by atoms with Gasteiger partial charge in [0.1, 0.15) is 5.58 Å². The Hall–Kier alpha value is -1.81. The van der Waals surface area contributed by atoms with Crippen molar-refractivity contribution < 1.29 is 14.0 Å². The lowest BCUT2D eigenvalue weighted by Gasteiger charge is -2.09. The number of amides is 2. The zero-order valence-corrected chi connectivity index (χ0v) is 8.80. The van der Waals surface area contributed by atoms with Crippen molar-refractivity contribution in [3.05, 3.63) is 34.5 Å². The summed E-state index contributed by atoms with van der Waals surface area (Å²) in [6.45, 7) is 0. The van der Waals surface area contributed by atoms with Gasteiger partial charge in [-0.25, -0.2) is 0 Å². The summed E-state index contributed by atoms with van der Waals surface area (Å²) in [7, 11) is 0. The molecule has 1 aromatic heterocycles. The van der Waals surface area contributed by atoms with Gasteiger partial charge in [0.05, 0.1) is 11.4 Å². The van der Waals surface area contributed by atoms with Gasteiger partial charge < -0.3 is 4.42 Å². The van der Waals surface area contributed by atoms with Crippen LogP contribution in [0.25, 0.3) is 11.0 Å². The number of carbonyl (C=O) groups excluding carboxylic acids is 2. The van der Waals surface area contributed by atoms with Gasteiger partial charge in [-0.05, 0) is 12.1 Å². The molecule has 1 N–H and O–H groups in total. The number of benzene rings is 1. The number of halogens is 1. The van der Waals surface area contributed by atoms with Gasteiger partial charge in [-0.2, -0.15) is 0 Å². The third-order valence-electron chi connectivity index (χ3n) is 2.56. The van der Waals surface area contributed by atoms with Crippen LogP contribution in [0.3, 0.4) is 0 Å². The molecule has 0 saturated carbocycles. The fourth-order valence-corrected chi connectivity index (χ4v) is 2.19. The van der Waals surface area contributed by atoms with E-state index in [0.29, 0.717) is 21.6 Å². The van der Waals surface area contributed by atoms with Crippen LogP contribution in [0, 0.1) is 0 Å². The van der Waals surface area contributed by atoms with E-state index >= 15 is 0 Å². The third kappa shape index (κ3) is 1.17. The van der Waals surface area contributed by atoms with Crippen molar-refractivity contribution in [2.45, 2.75) is 6.42 Å². The Kier molecular flexibility index (Phi) is 1.82. The van der Waals surface area contributed by atoms with Gasteiger partial charge in [-0.1, -0.05) is 17.7 Å². The predicted octanol–water partition coefficient (Wildman–Crippen LogP) is 1.90. The molecule has 16 heavy (non-hydrogen) atoms. The van der Waals surface area contributed by atoms with Crippen LogP contribution in [-0.4, -0.2) is 11.8 Å². The first-order chi connectivity index (χ1) is 7.66. The maximum Gasteiger partial charge on any atom is 0.293 e. The quantitative estimate of drug-likeness (QED) is 0.710. The van der Waals surface area contributed by atoms with E-state index in [4.69, 9.17) is 16.0 Å². The molecule has 80 valence electrons. The highest BCUT2D eigenvalue weighted by molar-refractivity contribution is 6.36. The summed E-state index contributed by atoms with van der Waals surface area (Å²) in [5.74, 6) is -0.652. The van der Waals surface area contributed by atoms with E-state index in [2.05, 4.69) is 5.32 Å². The van der Waals surface area contributed by atoms with E-state index in [-0.39, 0.29) is 18.1 Å². The van der Waals surface area contributed by atoms with Crippen LogP contribution in [0.15, 0.2) is 22.6 Å². The van der Waals surface area contributed by atoms with Gasteiger partial charge in [0.15, 0.2) is 5.76 Å². The molecule has 0 bridgehead atoms. The number of carbonyl (C=O) groups is 2. The molecule has 0 atom stereocenters. The highest BCUT2D eigenvalue weighted by Gasteiger charge is 2.29. The SMILES string of the molecule is O=C1Cc2c(oc3cccc(Cl)c23)C(=O)N1. The molecular weight excluding hydrogens is 230 g/mol. The Morgan fingerprint density at radius 1 is 1.31 bits per heavy atom. The van der Waals surface area contributed by atoms with E-state index in [1.165, 1.54) is 0 Å². The Balaban J connectivity index is 2.40. The Morgan fingerprint density at radius 3 is 2.94 bits per heavy atom. The minimum absolute atomic E-state index is 0.123. The van der Waals surface area contributed by atoms with Gasteiger partial charge in [0.2, 0.25) is 5.91 Å². The average molecular weight is 236 g/mol. The van der Waals surface area contributed by atoms with E-state index in [1.54, 1.807) is 18.2 Å². The lowest BCUT2D eigenvalue weighted by molar-refractivity contribution is -0.119. The van der Waals surface area contributed by atoms with Crippen LogP contribution in [-0.2, 0) is 11.2 Å². The predicted molar refractivity (Wildman–Crippen MR) is 57.4 cm³/mol. The molecular formula is C11H6ClNO3. The molecule has 1 aromatic carbocycles. The number of nitrogens with one attached hydrogen (secondary N) is 1. The molecule has 4 nitrogen and oxygen atoms in total. The van der Waals surface area contributed by atoms with Crippen molar-refractivity contribution in [3.63, 3.8) is 0 Å². The van der Waals surface area contributed by atoms with E-state index in [1.807, 2.05) is 0 Å². The molecule has 1 aliphatic rings. The number of furan rings is 1. The third-order valence-corrected chi connectivity index (χ3v) is 2.87. The Morgan fingerprint density at radius 2 is 2.12 bits per heavy atom. The Labute approximate surface area is 95.2 Å². The maximum absolute atomic E-state index is 11.5. The topological polar surface area (TPSA) is 59.3 Å². The molecule has 0 radical (unpaired) electrons. The van der Waals surface area contributed by atoms with Gasteiger partial charge in [0.25, 0.3) is 5.91 Å². The number of rotatable bonds is 0. The molecule has 0 spiro atoms. The van der Waals surface area contributed by atoms with Crippen LogP contribution in [0.2, 0.25) is 5.02 Å². The smallest absolute Gasteiger partial charge is 0.293 e. The first-order valence-electron chi connectivity index (χ1n) is 4.71. The molecule has 0 unspecified atom stereocenters. The fraction of sp³-hybridized carbons (Fsp3) is 0.0909. The molecule has 0 fully saturated rings. The number of hydrogen-bond donors (Lipinski definition) is 1. The molecule has 0 aliphatic carbocycles. The van der Waals surface area contributed by atoms with Crippen molar-refractivity contribution in [1.82, 2.24) is 5.32 Å². The first kappa shape index (κ1) is 9.42. The molecule has 1 aliphatic heterocycles. The summed E-state index contributed by atoms with van der Waals surface area (Å²) in [4.78, 5) is 22.8. The van der Waals surface area contributed by atoms with Crippen LogP contribution in [0.5, 0.6) is 0 Å². The van der Waals surface area contributed by atoms with E-state index in [0.717, 1.165) is 0 Å². The van der Waals surface area contributed by atoms with Gasteiger partial charge in [-0.3, -0.25) is 14.9 Å².